The van der Waals surface area contributed by atoms with Crippen LogP contribution in [-0.4, -0.2) is 35.5 Å². The van der Waals surface area contributed by atoms with Gasteiger partial charge in [0.2, 0.25) is 0 Å². The first-order chi connectivity index (χ1) is 7.70. The van der Waals surface area contributed by atoms with Gasteiger partial charge in [0, 0.05) is 12.6 Å². The van der Waals surface area contributed by atoms with E-state index in [1.165, 1.54) is 30.9 Å². The topological polar surface area (TPSA) is 52.0 Å². The van der Waals surface area contributed by atoms with Crippen molar-refractivity contribution in [2.24, 2.45) is 0 Å². The molecular weight excluding hydrogens is 220 g/mol. The third-order valence-corrected chi connectivity index (χ3v) is 3.80. The molecule has 2 heterocycles. The summed E-state index contributed by atoms with van der Waals surface area (Å²) in [5.41, 5.74) is 1.54. The zero-order valence-electron chi connectivity index (χ0n) is 9.66. The van der Waals surface area contributed by atoms with Gasteiger partial charge in [-0.3, -0.25) is 0 Å². The van der Waals surface area contributed by atoms with Crippen LogP contribution < -0.4 is 5.32 Å². The fourth-order valence-electron chi connectivity index (χ4n) is 2.07. The number of nitrogens with zero attached hydrogens (tertiary/aromatic N) is 3. The van der Waals surface area contributed by atoms with E-state index in [4.69, 9.17) is 5.26 Å². The Hall–Kier alpha value is -1.12. The Morgan fingerprint density at radius 3 is 3.12 bits per heavy atom. The second-order valence-corrected chi connectivity index (χ2v) is 5.10. The smallest absolute Gasteiger partial charge is 0.127 e. The summed E-state index contributed by atoms with van der Waals surface area (Å²) in [6.45, 7) is 4.10. The van der Waals surface area contributed by atoms with Crippen LogP contribution in [0.4, 0.5) is 5.00 Å². The molecule has 1 fully saturated rings. The van der Waals surface area contributed by atoms with Gasteiger partial charge in [-0.2, -0.15) is 9.64 Å². The number of piperidine rings is 1. The average molecular weight is 236 g/mol. The van der Waals surface area contributed by atoms with Crippen molar-refractivity contribution in [2.45, 2.75) is 25.8 Å². The minimum absolute atomic E-state index is 0.450. The third kappa shape index (κ3) is 2.34. The van der Waals surface area contributed by atoms with Crippen LogP contribution in [0, 0.1) is 18.3 Å². The van der Waals surface area contributed by atoms with Gasteiger partial charge in [0.25, 0.3) is 0 Å². The Labute approximate surface area is 100 Å². The minimum Gasteiger partial charge on any atom is -0.371 e. The van der Waals surface area contributed by atoms with Gasteiger partial charge in [-0.1, -0.05) is 0 Å². The molecule has 4 nitrogen and oxygen atoms in total. The number of hydrogen-bond donors (Lipinski definition) is 1. The lowest BCUT2D eigenvalue weighted by molar-refractivity contribution is 0.261. The van der Waals surface area contributed by atoms with Crippen molar-refractivity contribution in [3.63, 3.8) is 0 Å². The van der Waals surface area contributed by atoms with Crippen LogP contribution in [0.1, 0.15) is 24.1 Å². The molecule has 1 saturated heterocycles. The van der Waals surface area contributed by atoms with Gasteiger partial charge < -0.3 is 10.2 Å². The molecule has 0 aliphatic carbocycles. The van der Waals surface area contributed by atoms with Gasteiger partial charge >= 0.3 is 0 Å². The fraction of sp³-hybridized carbons (Fsp3) is 0.636. The van der Waals surface area contributed by atoms with Crippen LogP contribution in [0.5, 0.6) is 0 Å². The van der Waals surface area contributed by atoms with E-state index in [2.05, 4.69) is 27.7 Å². The summed E-state index contributed by atoms with van der Waals surface area (Å²) in [5.74, 6) is 0. The number of nitriles is 1. The third-order valence-electron chi connectivity index (χ3n) is 2.93. The SMILES string of the molecule is Cc1nsc(NC2CCCN(C)C2)c1C#N. The van der Waals surface area contributed by atoms with E-state index in [0.717, 1.165) is 17.2 Å². The van der Waals surface area contributed by atoms with Crippen LogP contribution >= 0.6 is 11.5 Å². The molecule has 1 aliphatic rings. The number of rotatable bonds is 2. The largest absolute Gasteiger partial charge is 0.371 e. The second-order valence-electron chi connectivity index (χ2n) is 4.33. The van der Waals surface area contributed by atoms with Crippen molar-refractivity contribution >= 4 is 16.5 Å². The van der Waals surface area contributed by atoms with E-state index < -0.39 is 0 Å². The molecule has 0 bridgehead atoms. The monoisotopic (exact) mass is 236 g/mol. The van der Waals surface area contributed by atoms with Crippen LogP contribution in [0.25, 0.3) is 0 Å². The summed E-state index contributed by atoms with van der Waals surface area (Å²) >= 11 is 1.39. The number of nitrogens with one attached hydrogen (secondary N) is 1. The highest BCUT2D eigenvalue weighted by Crippen LogP contribution is 2.25. The lowest BCUT2D eigenvalue weighted by Crippen LogP contribution is -2.39. The summed E-state index contributed by atoms with van der Waals surface area (Å²) in [5, 5.41) is 13.4. The summed E-state index contributed by atoms with van der Waals surface area (Å²) in [6.07, 6.45) is 2.39. The Bertz CT molecular complexity index is 407. The van der Waals surface area contributed by atoms with Crippen molar-refractivity contribution in [1.82, 2.24) is 9.27 Å². The van der Waals surface area contributed by atoms with Crippen molar-refractivity contribution in [1.29, 1.82) is 5.26 Å². The molecule has 1 aromatic heterocycles. The van der Waals surface area contributed by atoms with Gasteiger partial charge in [0.1, 0.15) is 16.6 Å². The molecule has 0 amide bonds. The van der Waals surface area contributed by atoms with E-state index in [1.807, 2.05) is 6.92 Å². The first-order valence-corrected chi connectivity index (χ1v) is 6.29. The maximum atomic E-state index is 9.04. The van der Waals surface area contributed by atoms with E-state index in [1.54, 1.807) is 0 Å². The molecule has 0 radical (unpaired) electrons. The van der Waals surface area contributed by atoms with Crippen LogP contribution in [-0.2, 0) is 0 Å². The van der Waals surface area contributed by atoms with E-state index in [9.17, 15) is 0 Å². The number of aromatic nitrogens is 1. The molecule has 5 heteroatoms. The Balaban J connectivity index is 2.06. The summed E-state index contributed by atoms with van der Waals surface area (Å²) in [4.78, 5) is 2.32. The van der Waals surface area contributed by atoms with E-state index >= 15 is 0 Å². The normalized spacial score (nSPS) is 21.7. The quantitative estimate of drug-likeness (QED) is 0.851. The van der Waals surface area contributed by atoms with Crippen molar-refractivity contribution < 1.29 is 0 Å². The molecule has 1 aromatic rings. The molecule has 1 atom stereocenters. The van der Waals surface area contributed by atoms with Gasteiger partial charge in [-0.05, 0) is 44.9 Å². The van der Waals surface area contributed by atoms with Crippen molar-refractivity contribution in [3.8, 4) is 6.07 Å². The maximum absolute atomic E-state index is 9.04. The molecular formula is C11H16N4S. The Morgan fingerprint density at radius 2 is 2.44 bits per heavy atom. The van der Waals surface area contributed by atoms with E-state index in [-0.39, 0.29) is 0 Å². The maximum Gasteiger partial charge on any atom is 0.127 e. The Morgan fingerprint density at radius 1 is 1.62 bits per heavy atom. The van der Waals surface area contributed by atoms with Crippen molar-refractivity contribution in [3.05, 3.63) is 11.3 Å². The van der Waals surface area contributed by atoms with Gasteiger partial charge in [0.15, 0.2) is 0 Å². The van der Waals surface area contributed by atoms with Crippen molar-refractivity contribution in [2.75, 3.05) is 25.5 Å². The number of aryl methyl sites for hydroxylation is 1. The van der Waals surface area contributed by atoms with Crippen LogP contribution in [0.2, 0.25) is 0 Å². The first kappa shape index (κ1) is 11.4. The molecule has 16 heavy (non-hydrogen) atoms. The lowest BCUT2D eigenvalue weighted by atomic mass is 10.1. The van der Waals surface area contributed by atoms with Crippen LogP contribution in [0.3, 0.4) is 0 Å². The number of anilines is 1. The molecule has 0 saturated carbocycles. The summed E-state index contributed by atoms with van der Waals surface area (Å²) in [6, 6.07) is 2.67. The fourth-order valence-corrected chi connectivity index (χ4v) is 2.89. The highest BCUT2D eigenvalue weighted by molar-refractivity contribution is 7.10. The zero-order valence-corrected chi connectivity index (χ0v) is 10.5. The predicted octanol–water partition coefficient (Wildman–Crippen LogP) is 1.83. The zero-order chi connectivity index (χ0) is 11.5. The summed E-state index contributed by atoms with van der Waals surface area (Å²) < 4.78 is 4.21. The standard InChI is InChI=1S/C11H16N4S/c1-8-10(6-12)11(16-14-8)13-9-4-3-5-15(2)7-9/h9,13H,3-5,7H2,1-2H3. The minimum atomic E-state index is 0.450. The van der Waals surface area contributed by atoms with Gasteiger partial charge in [0.05, 0.1) is 5.69 Å². The summed E-state index contributed by atoms with van der Waals surface area (Å²) in [7, 11) is 2.14. The number of likely N-dealkylation sites (tertiary alicyclic amines) is 1. The molecule has 0 aromatic carbocycles. The van der Waals surface area contributed by atoms with Gasteiger partial charge in [-0.15, -0.1) is 0 Å². The predicted molar refractivity (Wildman–Crippen MR) is 65.7 cm³/mol. The molecule has 1 aliphatic heterocycles. The number of likely N-dealkylation sites (N-methyl/N-ethyl adjacent to an activating group) is 1. The molecule has 0 spiro atoms. The van der Waals surface area contributed by atoms with E-state index in [0.29, 0.717) is 11.6 Å². The first-order valence-electron chi connectivity index (χ1n) is 5.52. The molecule has 1 unspecified atom stereocenters. The average Bonchev–Trinajstić information content (AvgIpc) is 2.59. The number of hydrogen-bond acceptors (Lipinski definition) is 5. The van der Waals surface area contributed by atoms with Crippen LogP contribution in [0.15, 0.2) is 0 Å². The highest BCUT2D eigenvalue weighted by Gasteiger charge is 2.19. The molecule has 86 valence electrons. The highest BCUT2D eigenvalue weighted by atomic mass is 32.1. The second kappa shape index (κ2) is 4.81. The molecule has 1 N–H and O–H groups in total. The lowest BCUT2D eigenvalue weighted by Gasteiger charge is -2.30. The molecule has 2 rings (SSSR count). The Kier molecular flexibility index (Phi) is 3.42. The van der Waals surface area contributed by atoms with Gasteiger partial charge in [-0.25, -0.2) is 0 Å².